The number of hydrogen-bond donors (Lipinski definition) is 2. The minimum atomic E-state index is -0.320. The average molecular weight is 242 g/mol. The molecule has 0 aromatic heterocycles. The van der Waals surface area contributed by atoms with Crippen LogP contribution in [0.25, 0.3) is 0 Å². The Balaban J connectivity index is 2.23. The largest absolute Gasteiger partial charge is 0.372 e. The minimum Gasteiger partial charge on any atom is -0.372 e. The third-order valence-electron chi connectivity index (χ3n) is 3.10. The highest BCUT2D eigenvalue weighted by Gasteiger charge is 2.32. The van der Waals surface area contributed by atoms with Crippen LogP contribution >= 0.6 is 0 Å². The molecule has 98 valence electrons. The molecule has 1 fully saturated rings. The van der Waals surface area contributed by atoms with Crippen LogP contribution in [-0.2, 0) is 14.3 Å². The first kappa shape index (κ1) is 14.0. The van der Waals surface area contributed by atoms with E-state index in [1.807, 2.05) is 0 Å². The molecule has 0 aromatic rings. The first-order valence-electron chi connectivity index (χ1n) is 6.31. The van der Waals surface area contributed by atoms with E-state index in [4.69, 9.17) is 10.5 Å². The van der Waals surface area contributed by atoms with Crippen molar-refractivity contribution in [1.29, 1.82) is 0 Å². The fraction of sp³-hybridized carbons (Fsp3) is 0.833. The lowest BCUT2D eigenvalue weighted by Gasteiger charge is -2.18. The zero-order valence-corrected chi connectivity index (χ0v) is 10.4. The molecule has 0 aliphatic heterocycles. The maximum Gasteiger partial charge on any atom is 0.246 e. The predicted octanol–water partition coefficient (Wildman–Crippen LogP) is 0.573. The van der Waals surface area contributed by atoms with Crippen LogP contribution in [0, 0.1) is 5.92 Å². The van der Waals surface area contributed by atoms with Gasteiger partial charge >= 0.3 is 0 Å². The molecule has 0 heterocycles. The first-order chi connectivity index (χ1) is 8.15. The first-order valence-corrected chi connectivity index (χ1v) is 6.31. The molecule has 0 saturated heterocycles. The Hall–Kier alpha value is -1.10. The summed E-state index contributed by atoms with van der Waals surface area (Å²) in [6, 6.07) is -0.102. The molecule has 1 saturated carbocycles. The summed E-state index contributed by atoms with van der Waals surface area (Å²) >= 11 is 0. The van der Waals surface area contributed by atoms with Crippen LogP contribution in [0.2, 0.25) is 0 Å². The number of carbonyl (C=O) groups is 2. The van der Waals surface area contributed by atoms with Crippen molar-refractivity contribution in [2.75, 3.05) is 13.2 Å². The van der Waals surface area contributed by atoms with E-state index in [9.17, 15) is 9.59 Å². The summed E-state index contributed by atoms with van der Waals surface area (Å²) in [7, 11) is 0. The number of nitrogens with one attached hydrogen (secondary N) is 1. The van der Waals surface area contributed by atoms with E-state index in [1.54, 1.807) is 0 Å². The molecule has 2 atom stereocenters. The van der Waals surface area contributed by atoms with Gasteiger partial charge in [0.2, 0.25) is 11.8 Å². The molecule has 0 aromatic carbocycles. The summed E-state index contributed by atoms with van der Waals surface area (Å²) in [6.07, 6.45) is 4.55. The standard InChI is InChI=1S/C12H22N2O3/c1-2-3-7-17-8-11(15)14-10-6-4-5-9(10)12(13)16/h9-10H,2-8H2,1H3,(H2,13,16)(H,14,15)/t9-,10+/m1/s1. The van der Waals surface area contributed by atoms with Crippen molar-refractivity contribution in [2.45, 2.75) is 45.1 Å². The van der Waals surface area contributed by atoms with Gasteiger partial charge in [0, 0.05) is 12.6 Å². The van der Waals surface area contributed by atoms with E-state index in [0.717, 1.165) is 32.1 Å². The van der Waals surface area contributed by atoms with E-state index in [1.165, 1.54) is 0 Å². The molecule has 1 aliphatic carbocycles. The number of rotatable bonds is 7. The van der Waals surface area contributed by atoms with Gasteiger partial charge in [-0.25, -0.2) is 0 Å². The summed E-state index contributed by atoms with van der Waals surface area (Å²) in [4.78, 5) is 22.7. The van der Waals surface area contributed by atoms with Crippen LogP contribution in [-0.4, -0.2) is 31.1 Å². The maximum atomic E-state index is 11.5. The van der Waals surface area contributed by atoms with Gasteiger partial charge in [-0.2, -0.15) is 0 Å². The highest BCUT2D eigenvalue weighted by molar-refractivity contribution is 5.81. The van der Waals surface area contributed by atoms with Gasteiger partial charge in [-0.05, 0) is 19.3 Å². The molecule has 0 radical (unpaired) electrons. The smallest absolute Gasteiger partial charge is 0.246 e. The number of nitrogens with two attached hydrogens (primary N) is 1. The Labute approximate surface area is 102 Å². The maximum absolute atomic E-state index is 11.5. The quantitative estimate of drug-likeness (QED) is 0.640. The Bertz CT molecular complexity index is 268. The molecule has 1 aliphatic rings. The van der Waals surface area contributed by atoms with Crippen molar-refractivity contribution in [3.63, 3.8) is 0 Å². The number of primary amides is 1. The molecule has 0 spiro atoms. The minimum absolute atomic E-state index is 0.0714. The highest BCUT2D eigenvalue weighted by Crippen LogP contribution is 2.25. The van der Waals surface area contributed by atoms with Gasteiger partial charge < -0.3 is 15.8 Å². The van der Waals surface area contributed by atoms with Gasteiger partial charge in [-0.3, -0.25) is 9.59 Å². The second-order valence-corrected chi connectivity index (χ2v) is 4.52. The van der Waals surface area contributed by atoms with E-state index in [0.29, 0.717) is 6.61 Å². The van der Waals surface area contributed by atoms with Crippen molar-refractivity contribution >= 4 is 11.8 Å². The molecule has 1 rings (SSSR count). The molecular formula is C12H22N2O3. The molecule has 0 unspecified atom stereocenters. The van der Waals surface area contributed by atoms with Gasteiger partial charge in [-0.1, -0.05) is 19.8 Å². The van der Waals surface area contributed by atoms with Crippen molar-refractivity contribution in [1.82, 2.24) is 5.32 Å². The number of ether oxygens (including phenoxy) is 1. The third-order valence-corrected chi connectivity index (χ3v) is 3.10. The molecule has 5 heteroatoms. The summed E-state index contributed by atoms with van der Waals surface area (Å²) < 4.78 is 5.21. The summed E-state index contributed by atoms with van der Waals surface area (Å²) in [6.45, 7) is 2.75. The molecule has 17 heavy (non-hydrogen) atoms. The lowest BCUT2D eigenvalue weighted by Crippen LogP contribution is -2.43. The van der Waals surface area contributed by atoms with E-state index < -0.39 is 0 Å². The summed E-state index contributed by atoms with van der Waals surface area (Å²) in [5.41, 5.74) is 5.28. The van der Waals surface area contributed by atoms with Gasteiger partial charge in [0.1, 0.15) is 6.61 Å². The average Bonchev–Trinajstić information content (AvgIpc) is 2.72. The SMILES string of the molecule is CCCCOCC(=O)N[C@H]1CCC[C@H]1C(N)=O. The number of carbonyl (C=O) groups excluding carboxylic acids is 2. The van der Waals surface area contributed by atoms with Crippen LogP contribution in [0.4, 0.5) is 0 Å². The van der Waals surface area contributed by atoms with Crippen LogP contribution < -0.4 is 11.1 Å². The number of amides is 2. The topological polar surface area (TPSA) is 81.4 Å². The van der Waals surface area contributed by atoms with Gasteiger partial charge in [0.25, 0.3) is 0 Å². The van der Waals surface area contributed by atoms with E-state index in [2.05, 4.69) is 12.2 Å². The lowest BCUT2D eigenvalue weighted by molar-refractivity contribution is -0.127. The summed E-state index contributed by atoms with van der Waals surface area (Å²) in [5.74, 6) is -0.687. The van der Waals surface area contributed by atoms with Crippen molar-refractivity contribution in [2.24, 2.45) is 11.7 Å². The van der Waals surface area contributed by atoms with Gasteiger partial charge in [0.15, 0.2) is 0 Å². The second kappa shape index (κ2) is 7.27. The fourth-order valence-corrected chi connectivity index (χ4v) is 2.13. The second-order valence-electron chi connectivity index (χ2n) is 4.52. The van der Waals surface area contributed by atoms with Gasteiger partial charge in [-0.15, -0.1) is 0 Å². The number of unbranched alkanes of at least 4 members (excludes halogenated alkanes) is 1. The zero-order chi connectivity index (χ0) is 12.7. The lowest BCUT2D eigenvalue weighted by atomic mass is 10.0. The molecule has 0 bridgehead atoms. The monoisotopic (exact) mass is 242 g/mol. The Morgan fingerprint density at radius 1 is 1.41 bits per heavy atom. The Morgan fingerprint density at radius 3 is 2.82 bits per heavy atom. The van der Waals surface area contributed by atoms with Gasteiger partial charge in [0.05, 0.1) is 5.92 Å². The molecule has 2 amide bonds. The van der Waals surface area contributed by atoms with Crippen molar-refractivity contribution in [3.8, 4) is 0 Å². The molecule has 3 N–H and O–H groups in total. The van der Waals surface area contributed by atoms with Crippen LogP contribution in [0.1, 0.15) is 39.0 Å². The summed E-state index contributed by atoms with van der Waals surface area (Å²) in [5, 5.41) is 2.82. The molecule has 5 nitrogen and oxygen atoms in total. The third kappa shape index (κ3) is 4.73. The Kier molecular flexibility index (Phi) is 5.97. The Morgan fingerprint density at radius 2 is 2.18 bits per heavy atom. The predicted molar refractivity (Wildman–Crippen MR) is 64.2 cm³/mol. The van der Waals surface area contributed by atoms with Crippen LogP contribution in [0.3, 0.4) is 0 Å². The van der Waals surface area contributed by atoms with Crippen molar-refractivity contribution in [3.05, 3.63) is 0 Å². The molecular weight excluding hydrogens is 220 g/mol. The number of hydrogen-bond acceptors (Lipinski definition) is 3. The van der Waals surface area contributed by atoms with Crippen molar-refractivity contribution < 1.29 is 14.3 Å². The zero-order valence-electron chi connectivity index (χ0n) is 10.4. The van der Waals surface area contributed by atoms with Crippen LogP contribution in [0.15, 0.2) is 0 Å². The highest BCUT2D eigenvalue weighted by atomic mass is 16.5. The van der Waals surface area contributed by atoms with E-state index in [-0.39, 0.29) is 30.4 Å². The van der Waals surface area contributed by atoms with Crippen LogP contribution in [0.5, 0.6) is 0 Å². The fourth-order valence-electron chi connectivity index (χ4n) is 2.13. The van der Waals surface area contributed by atoms with E-state index >= 15 is 0 Å². The normalized spacial score (nSPS) is 23.6.